The molecule has 9 nitrogen and oxygen atoms in total. The first kappa shape index (κ1) is 20.0. The fourth-order valence-electron chi connectivity index (χ4n) is 2.76. The van der Waals surface area contributed by atoms with Crippen molar-refractivity contribution in [2.45, 2.75) is 25.0 Å². The summed E-state index contributed by atoms with van der Waals surface area (Å²) in [5.74, 6) is -4.49. The number of nitrogens with one attached hydrogen (secondary N) is 1. The summed E-state index contributed by atoms with van der Waals surface area (Å²) in [5.41, 5.74) is -0.533. The third-order valence-electron chi connectivity index (χ3n) is 3.80. The average Bonchev–Trinajstić information content (AvgIpc) is 2.43. The molecule has 1 atom stereocenters. The molecule has 0 amide bonds. The smallest absolute Gasteiger partial charge is 0.427 e. The van der Waals surface area contributed by atoms with E-state index < -0.39 is 42.2 Å². The van der Waals surface area contributed by atoms with E-state index in [2.05, 4.69) is 0 Å². The third-order valence-corrected chi connectivity index (χ3v) is 4.33. The van der Waals surface area contributed by atoms with E-state index in [1.165, 1.54) is 12.1 Å². The predicted molar refractivity (Wildman–Crippen MR) is 92.7 cm³/mol. The molecule has 26 heavy (non-hydrogen) atoms. The van der Waals surface area contributed by atoms with Crippen molar-refractivity contribution in [2.24, 2.45) is 0 Å². The maximum absolute atomic E-state index is 11.2. The Morgan fingerprint density at radius 3 is 2.31 bits per heavy atom. The number of aliphatic hydroxyl groups is 2. The molecule has 2 aromatic rings. The van der Waals surface area contributed by atoms with E-state index in [4.69, 9.17) is 9.79 Å². The number of benzene rings is 2. The van der Waals surface area contributed by atoms with Crippen LogP contribution >= 0.6 is 7.75 Å². The molecule has 0 bridgehead atoms. The number of hydrogen-bond acceptors (Lipinski definition) is 6. The fourth-order valence-corrected chi connectivity index (χ4v) is 3.25. The quantitative estimate of drug-likeness (QED) is 0.272. The van der Waals surface area contributed by atoms with Crippen LogP contribution in [-0.4, -0.2) is 35.3 Å². The minimum atomic E-state index is -4.85. The van der Waals surface area contributed by atoms with Crippen LogP contribution in [0, 0.1) is 0 Å². The summed E-state index contributed by atoms with van der Waals surface area (Å²) in [4.78, 5) is 18.2. The van der Waals surface area contributed by atoms with Gasteiger partial charge in [0.1, 0.15) is 17.2 Å². The summed E-state index contributed by atoms with van der Waals surface area (Å²) < 4.78 is 11.2. The monoisotopic (exact) mass is 385 g/mol. The van der Waals surface area contributed by atoms with Gasteiger partial charge < -0.3 is 35.3 Å². The lowest BCUT2D eigenvalue weighted by atomic mass is 9.88. The lowest BCUT2D eigenvalue weighted by molar-refractivity contribution is -0.177. The van der Waals surface area contributed by atoms with Crippen LogP contribution in [0.2, 0.25) is 0 Å². The molecule has 0 spiro atoms. The number of anilines is 1. The molecule has 0 saturated carbocycles. The molecule has 0 saturated heterocycles. The van der Waals surface area contributed by atoms with Crippen molar-refractivity contribution in [2.75, 3.05) is 5.09 Å². The van der Waals surface area contributed by atoms with Gasteiger partial charge >= 0.3 is 7.75 Å². The Kier molecular flexibility index (Phi) is 5.50. The van der Waals surface area contributed by atoms with Crippen molar-refractivity contribution < 1.29 is 39.9 Å². The normalized spacial score (nSPS) is 13.4. The number of phenolic OH excluding ortho intramolecular Hbond substituents is 3. The van der Waals surface area contributed by atoms with E-state index in [0.29, 0.717) is 5.56 Å². The molecule has 0 aliphatic carbocycles. The number of rotatable bonds is 6. The van der Waals surface area contributed by atoms with E-state index in [1.54, 1.807) is 24.1 Å². The molecule has 0 fully saturated rings. The Balaban J connectivity index is 2.43. The van der Waals surface area contributed by atoms with Crippen molar-refractivity contribution >= 4 is 13.4 Å². The summed E-state index contributed by atoms with van der Waals surface area (Å²) >= 11 is 0. The zero-order chi connectivity index (χ0) is 19.7. The van der Waals surface area contributed by atoms with E-state index in [1.807, 2.05) is 0 Å². The second kappa shape index (κ2) is 7.14. The minimum Gasteiger partial charge on any atom is -0.508 e. The summed E-state index contributed by atoms with van der Waals surface area (Å²) in [6, 6.07) is 7.80. The molecule has 0 heterocycles. The average molecular weight is 385 g/mol. The highest BCUT2D eigenvalue weighted by molar-refractivity contribution is 7.53. The molecule has 10 heteroatoms. The highest BCUT2D eigenvalue weighted by Crippen LogP contribution is 2.46. The van der Waals surface area contributed by atoms with Crippen molar-refractivity contribution in [3.8, 4) is 17.2 Å². The van der Waals surface area contributed by atoms with E-state index in [0.717, 1.165) is 12.1 Å². The predicted octanol–water partition coefficient (Wildman–Crippen LogP) is 1.64. The fraction of sp³-hybridized carbons (Fsp3) is 0.250. The largest absolute Gasteiger partial charge is 0.508 e. The lowest BCUT2D eigenvalue weighted by Crippen LogP contribution is -2.28. The van der Waals surface area contributed by atoms with E-state index in [9.17, 15) is 30.1 Å². The van der Waals surface area contributed by atoms with Gasteiger partial charge in [-0.3, -0.25) is 5.09 Å². The summed E-state index contributed by atoms with van der Waals surface area (Å²) in [6.45, 7) is 1.64. The Morgan fingerprint density at radius 2 is 1.73 bits per heavy atom. The Hall–Kier alpha value is -2.29. The first-order valence-electron chi connectivity index (χ1n) is 7.53. The molecule has 1 unspecified atom stereocenters. The molecule has 2 rings (SSSR count). The molecule has 8 N–H and O–H groups in total. The van der Waals surface area contributed by atoms with Crippen LogP contribution in [-0.2, 0) is 10.4 Å². The van der Waals surface area contributed by atoms with E-state index in [-0.39, 0.29) is 12.2 Å². The molecule has 2 aromatic carbocycles. The lowest BCUT2D eigenvalue weighted by Gasteiger charge is -2.29. The number of aromatic hydroxyl groups is 3. The molecule has 0 aliphatic heterocycles. The molecular weight excluding hydrogens is 365 g/mol. The number of hydrogen-bond donors (Lipinski definition) is 8. The van der Waals surface area contributed by atoms with Gasteiger partial charge in [0, 0.05) is 18.6 Å². The van der Waals surface area contributed by atoms with Crippen molar-refractivity contribution in [1.82, 2.24) is 0 Å². The van der Waals surface area contributed by atoms with Gasteiger partial charge in [0.2, 0.25) is 0 Å². The maximum atomic E-state index is 11.2. The Labute approximate surface area is 149 Å². The summed E-state index contributed by atoms with van der Waals surface area (Å²) in [6.07, 6.45) is -0.370. The molecule has 0 radical (unpaired) electrons. The van der Waals surface area contributed by atoms with Crippen LogP contribution in [0.1, 0.15) is 30.4 Å². The topological polar surface area (TPSA) is 171 Å². The first-order chi connectivity index (χ1) is 11.9. The van der Waals surface area contributed by atoms with Crippen LogP contribution in [0.3, 0.4) is 0 Å². The second-order valence-electron chi connectivity index (χ2n) is 6.06. The highest BCUT2D eigenvalue weighted by Gasteiger charge is 2.36. The van der Waals surface area contributed by atoms with Crippen LogP contribution < -0.4 is 5.09 Å². The summed E-state index contributed by atoms with van der Waals surface area (Å²) in [5, 5.41) is 51.8. The highest BCUT2D eigenvalue weighted by atomic mass is 31.2. The van der Waals surface area contributed by atoms with Gasteiger partial charge in [-0.15, -0.1) is 0 Å². The van der Waals surface area contributed by atoms with Gasteiger partial charge in [-0.05, 0) is 23.6 Å². The van der Waals surface area contributed by atoms with Crippen LogP contribution in [0.15, 0.2) is 36.4 Å². The van der Waals surface area contributed by atoms with Crippen molar-refractivity contribution in [3.63, 3.8) is 0 Å². The van der Waals surface area contributed by atoms with Gasteiger partial charge in [-0.25, -0.2) is 4.57 Å². The van der Waals surface area contributed by atoms with Crippen LogP contribution in [0.25, 0.3) is 0 Å². The van der Waals surface area contributed by atoms with Gasteiger partial charge in [0.05, 0.1) is 11.3 Å². The van der Waals surface area contributed by atoms with E-state index >= 15 is 0 Å². The third kappa shape index (κ3) is 4.87. The molecular formula is C16H20NO8P. The van der Waals surface area contributed by atoms with Crippen LogP contribution in [0.5, 0.6) is 17.2 Å². The van der Waals surface area contributed by atoms with Gasteiger partial charge in [-0.1, -0.05) is 19.1 Å². The minimum absolute atomic E-state index is 0.00725. The number of phenols is 3. The second-order valence-corrected chi connectivity index (χ2v) is 7.37. The van der Waals surface area contributed by atoms with Gasteiger partial charge in [0.15, 0.2) is 5.79 Å². The summed E-state index contributed by atoms with van der Waals surface area (Å²) in [7, 11) is -4.85. The zero-order valence-corrected chi connectivity index (χ0v) is 14.6. The zero-order valence-electron chi connectivity index (χ0n) is 13.7. The Morgan fingerprint density at radius 1 is 1.08 bits per heavy atom. The van der Waals surface area contributed by atoms with Crippen molar-refractivity contribution in [3.05, 3.63) is 47.5 Å². The van der Waals surface area contributed by atoms with Gasteiger partial charge in [0.25, 0.3) is 0 Å². The molecule has 0 aliphatic rings. The SMILES string of the molecule is CC(CC(O)(O)c1c(O)cc(O)cc1NP(=O)(O)O)c1cccc(O)c1. The molecule has 142 valence electrons. The van der Waals surface area contributed by atoms with Crippen molar-refractivity contribution in [1.29, 1.82) is 0 Å². The first-order valence-corrected chi connectivity index (χ1v) is 9.14. The van der Waals surface area contributed by atoms with Gasteiger partial charge in [-0.2, -0.15) is 0 Å². The van der Waals surface area contributed by atoms with Crippen LogP contribution in [0.4, 0.5) is 5.69 Å². The standard InChI is InChI=1S/C16H20NO8P/c1-9(10-3-2-4-11(18)5-10)8-16(21,22)15-13(17-26(23,24)25)6-12(19)7-14(15)20/h2-7,9,18-22H,8H2,1H3,(H3,17,23,24,25). The Bertz CT molecular complexity index is 848. The maximum Gasteiger partial charge on any atom is 0.427 e. The molecule has 0 aromatic heterocycles.